The third-order valence-electron chi connectivity index (χ3n) is 3.82. The smallest absolute Gasteiger partial charge is 0.242 e. The number of aromatic nitrogens is 2. The Kier molecular flexibility index (Phi) is 4.58. The third-order valence-corrected chi connectivity index (χ3v) is 3.82. The molecule has 1 aliphatic heterocycles. The van der Waals surface area contributed by atoms with Crippen molar-refractivity contribution in [1.29, 1.82) is 0 Å². The second-order valence-corrected chi connectivity index (χ2v) is 5.35. The molecule has 2 heterocycles. The van der Waals surface area contributed by atoms with Gasteiger partial charge in [-0.15, -0.1) is 0 Å². The van der Waals surface area contributed by atoms with Crippen LogP contribution in [0.25, 0.3) is 0 Å². The summed E-state index contributed by atoms with van der Waals surface area (Å²) in [6.45, 7) is 6.72. The van der Waals surface area contributed by atoms with E-state index in [0.29, 0.717) is 18.6 Å². The first-order valence-electron chi connectivity index (χ1n) is 7.19. The Labute approximate surface area is 114 Å². The van der Waals surface area contributed by atoms with Crippen molar-refractivity contribution in [1.82, 2.24) is 20.2 Å². The van der Waals surface area contributed by atoms with Gasteiger partial charge >= 0.3 is 0 Å². The first-order valence-corrected chi connectivity index (χ1v) is 7.19. The highest BCUT2D eigenvalue weighted by molar-refractivity contribution is 5.79. The molecule has 1 amide bonds. The van der Waals surface area contributed by atoms with Crippen LogP contribution in [0.2, 0.25) is 0 Å². The number of hydrogen-bond acceptors (Lipinski definition) is 3. The van der Waals surface area contributed by atoms with Crippen LogP contribution in [-0.2, 0) is 4.79 Å². The topological polar surface area (TPSA) is 59.0 Å². The third kappa shape index (κ3) is 3.15. The van der Waals surface area contributed by atoms with Crippen LogP contribution in [0.15, 0.2) is 12.5 Å². The zero-order valence-corrected chi connectivity index (χ0v) is 12.0. The number of hydrogen-bond donors (Lipinski definition) is 2. The van der Waals surface area contributed by atoms with E-state index in [2.05, 4.69) is 22.5 Å². The average molecular weight is 264 g/mol. The van der Waals surface area contributed by atoms with E-state index in [1.165, 1.54) is 12.8 Å². The lowest BCUT2D eigenvalue weighted by molar-refractivity contribution is -0.123. The van der Waals surface area contributed by atoms with Crippen molar-refractivity contribution in [3.63, 3.8) is 0 Å². The summed E-state index contributed by atoms with van der Waals surface area (Å²) < 4.78 is 1.99. The average Bonchev–Trinajstić information content (AvgIpc) is 2.87. The zero-order chi connectivity index (χ0) is 13.8. The molecule has 1 aliphatic rings. The monoisotopic (exact) mass is 264 g/mol. The van der Waals surface area contributed by atoms with Gasteiger partial charge in [0.1, 0.15) is 6.04 Å². The van der Waals surface area contributed by atoms with Gasteiger partial charge in [-0.3, -0.25) is 4.79 Å². The molecule has 3 unspecified atom stereocenters. The predicted octanol–water partition coefficient (Wildman–Crippen LogP) is 1.78. The number of carbonyl (C=O) groups excluding carboxylic acids is 1. The van der Waals surface area contributed by atoms with Crippen LogP contribution in [0.4, 0.5) is 0 Å². The van der Waals surface area contributed by atoms with Crippen LogP contribution < -0.4 is 10.6 Å². The molecule has 1 aromatic rings. The fourth-order valence-electron chi connectivity index (χ4n) is 2.73. The quantitative estimate of drug-likeness (QED) is 0.871. The Morgan fingerprint density at radius 1 is 1.63 bits per heavy atom. The predicted molar refractivity (Wildman–Crippen MR) is 74.8 cm³/mol. The van der Waals surface area contributed by atoms with E-state index in [9.17, 15) is 4.79 Å². The van der Waals surface area contributed by atoms with Gasteiger partial charge in [-0.1, -0.05) is 0 Å². The maximum absolute atomic E-state index is 12.0. The van der Waals surface area contributed by atoms with Gasteiger partial charge in [0, 0.05) is 24.8 Å². The number of piperidine rings is 1. The van der Waals surface area contributed by atoms with Crippen LogP contribution in [0.3, 0.4) is 0 Å². The second kappa shape index (κ2) is 6.19. The van der Waals surface area contributed by atoms with Gasteiger partial charge in [-0.2, -0.15) is 0 Å². The van der Waals surface area contributed by atoms with E-state index in [0.717, 1.165) is 12.1 Å². The van der Waals surface area contributed by atoms with Crippen LogP contribution >= 0.6 is 0 Å². The Morgan fingerprint density at radius 3 is 3.11 bits per heavy atom. The summed E-state index contributed by atoms with van der Waals surface area (Å²) in [5.74, 6) is 0.0469. The van der Waals surface area contributed by atoms with E-state index in [4.69, 9.17) is 0 Å². The fraction of sp³-hybridized carbons (Fsp3) is 0.714. The number of amides is 1. The molecule has 0 spiro atoms. The highest BCUT2D eigenvalue weighted by Gasteiger charge is 2.25. The molecule has 0 bridgehead atoms. The summed E-state index contributed by atoms with van der Waals surface area (Å²) in [5.41, 5.74) is 1.12. The van der Waals surface area contributed by atoms with Gasteiger partial charge < -0.3 is 15.2 Å². The molecule has 0 saturated carbocycles. The number of imidazole rings is 1. The first kappa shape index (κ1) is 14.1. The molecule has 2 rings (SSSR count). The first-order chi connectivity index (χ1) is 9.13. The number of nitrogens with zero attached hydrogens (tertiary/aromatic N) is 2. The van der Waals surface area contributed by atoms with Crippen molar-refractivity contribution in [2.24, 2.45) is 0 Å². The van der Waals surface area contributed by atoms with E-state index in [1.807, 2.05) is 24.6 Å². The molecule has 106 valence electrons. The molecular formula is C14H24N4O. The number of nitrogens with one attached hydrogen (secondary N) is 2. The fourth-order valence-corrected chi connectivity index (χ4v) is 2.73. The van der Waals surface area contributed by atoms with Crippen molar-refractivity contribution < 1.29 is 4.79 Å². The molecule has 1 fully saturated rings. The lowest BCUT2D eigenvalue weighted by Crippen LogP contribution is -2.37. The molecule has 2 N–H and O–H groups in total. The Balaban J connectivity index is 2.14. The molecule has 3 atom stereocenters. The molecule has 5 nitrogen and oxygen atoms in total. The standard InChI is InChI=1S/C14H24N4O/c1-4-16-14(19)11(3)18-9-15-8-13(18)12-7-5-6-10(2)17-12/h8-12,17H,4-7H2,1-3H3,(H,16,19). The van der Waals surface area contributed by atoms with Gasteiger partial charge in [0.25, 0.3) is 0 Å². The Morgan fingerprint density at radius 2 is 2.42 bits per heavy atom. The van der Waals surface area contributed by atoms with Gasteiger partial charge in [-0.05, 0) is 40.0 Å². The van der Waals surface area contributed by atoms with Crippen molar-refractivity contribution in [3.05, 3.63) is 18.2 Å². The highest BCUT2D eigenvalue weighted by Crippen LogP contribution is 2.26. The van der Waals surface area contributed by atoms with E-state index in [1.54, 1.807) is 6.33 Å². The zero-order valence-electron chi connectivity index (χ0n) is 12.0. The Bertz CT molecular complexity index is 429. The van der Waals surface area contributed by atoms with Crippen LogP contribution in [-0.4, -0.2) is 28.0 Å². The van der Waals surface area contributed by atoms with Crippen LogP contribution in [0.1, 0.15) is 57.8 Å². The van der Waals surface area contributed by atoms with Gasteiger partial charge in [0.2, 0.25) is 5.91 Å². The van der Waals surface area contributed by atoms with Crippen LogP contribution in [0.5, 0.6) is 0 Å². The number of likely N-dealkylation sites (N-methyl/N-ethyl adjacent to an activating group) is 1. The minimum Gasteiger partial charge on any atom is -0.355 e. The van der Waals surface area contributed by atoms with Gasteiger partial charge in [-0.25, -0.2) is 4.98 Å². The molecule has 0 aromatic carbocycles. The van der Waals surface area contributed by atoms with Crippen LogP contribution in [0, 0.1) is 0 Å². The summed E-state index contributed by atoms with van der Waals surface area (Å²) in [7, 11) is 0. The largest absolute Gasteiger partial charge is 0.355 e. The van der Waals surface area contributed by atoms with E-state index in [-0.39, 0.29) is 11.9 Å². The molecule has 0 radical (unpaired) electrons. The normalized spacial score (nSPS) is 25.0. The van der Waals surface area contributed by atoms with Gasteiger partial charge in [0.15, 0.2) is 0 Å². The maximum atomic E-state index is 12.0. The number of rotatable bonds is 4. The molecule has 19 heavy (non-hydrogen) atoms. The minimum atomic E-state index is -0.212. The van der Waals surface area contributed by atoms with Crippen molar-refractivity contribution in [3.8, 4) is 0 Å². The van der Waals surface area contributed by atoms with E-state index < -0.39 is 0 Å². The summed E-state index contributed by atoms with van der Waals surface area (Å²) in [6.07, 6.45) is 7.19. The molecule has 5 heteroatoms. The summed E-state index contributed by atoms with van der Waals surface area (Å²) in [5, 5.41) is 6.46. The SMILES string of the molecule is CCNC(=O)C(C)n1cncc1C1CCCC(C)N1. The summed E-state index contributed by atoms with van der Waals surface area (Å²) in [4.78, 5) is 16.2. The lowest BCUT2D eigenvalue weighted by Gasteiger charge is -2.30. The molecule has 1 saturated heterocycles. The number of carbonyl (C=O) groups is 1. The van der Waals surface area contributed by atoms with Crippen molar-refractivity contribution in [2.45, 2.75) is 58.2 Å². The minimum absolute atomic E-state index is 0.0469. The Hall–Kier alpha value is -1.36. The van der Waals surface area contributed by atoms with Crippen molar-refractivity contribution >= 4 is 5.91 Å². The second-order valence-electron chi connectivity index (χ2n) is 5.35. The molecular weight excluding hydrogens is 240 g/mol. The summed E-state index contributed by atoms with van der Waals surface area (Å²) >= 11 is 0. The van der Waals surface area contributed by atoms with E-state index >= 15 is 0 Å². The highest BCUT2D eigenvalue weighted by atomic mass is 16.2. The maximum Gasteiger partial charge on any atom is 0.242 e. The summed E-state index contributed by atoms with van der Waals surface area (Å²) in [6, 6.07) is 0.626. The molecule has 0 aliphatic carbocycles. The van der Waals surface area contributed by atoms with Crippen molar-refractivity contribution in [2.75, 3.05) is 6.54 Å². The molecule has 1 aromatic heterocycles. The van der Waals surface area contributed by atoms with Gasteiger partial charge in [0.05, 0.1) is 12.0 Å². The lowest BCUT2D eigenvalue weighted by atomic mass is 9.97.